The SMILES string of the molecule is O=C(/C=C/c1ccc(O)cc1)Nc1cccnc1. The molecule has 0 saturated heterocycles. The molecule has 1 aromatic heterocycles. The van der Waals surface area contributed by atoms with Gasteiger partial charge in [-0.05, 0) is 35.9 Å². The van der Waals surface area contributed by atoms with E-state index in [0.717, 1.165) is 5.56 Å². The summed E-state index contributed by atoms with van der Waals surface area (Å²) in [4.78, 5) is 15.5. The van der Waals surface area contributed by atoms with E-state index in [2.05, 4.69) is 10.3 Å². The van der Waals surface area contributed by atoms with E-state index in [-0.39, 0.29) is 11.7 Å². The number of rotatable bonds is 3. The van der Waals surface area contributed by atoms with Crippen molar-refractivity contribution in [1.82, 2.24) is 4.98 Å². The van der Waals surface area contributed by atoms with Gasteiger partial charge in [-0.15, -0.1) is 0 Å². The van der Waals surface area contributed by atoms with Gasteiger partial charge in [0.15, 0.2) is 0 Å². The van der Waals surface area contributed by atoms with Crippen molar-refractivity contribution < 1.29 is 9.90 Å². The Bertz CT molecular complexity index is 548. The Balaban J connectivity index is 1.97. The van der Waals surface area contributed by atoms with Gasteiger partial charge in [0.25, 0.3) is 0 Å². The maximum atomic E-state index is 11.6. The van der Waals surface area contributed by atoms with Gasteiger partial charge in [-0.25, -0.2) is 0 Å². The Labute approximate surface area is 105 Å². The Morgan fingerprint density at radius 2 is 2.00 bits per heavy atom. The van der Waals surface area contributed by atoms with Gasteiger partial charge in [0.2, 0.25) is 5.91 Å². The Morgan fingerprint density at radius 3 is 2.67 bits per heavy atom. The zero-order chi connectivity index (χ0) is 12.8. The number of hydrogen-bond donors (Lipinski definition) is 2. The van der Waals surface area contributed by atoms with Gasteiger partial charge >= 0.3 is 0 Å². The summed E-state index contributed by atoms with van der Waals surface area (Å²) in [5.74, 6) is -0.0250. The molecule has 0 saturated carbocycles. The molecule has 0 aliphatic carbocycles. The van der Waals surface area contributed by atoms with Crippen molar-refractivity contribution in [2.45, 2.75) is 0 Å². The number of nitrogens with zero attached hydrogens (tertiary/aromatic N) is 1. The lowest BCUT2D eigenvalue weighted by atomic mass is 10.2. The molecular formula is C14H12N2O2. The summed E-state index contributed by atoms with van der Waals surface area (Å²) in [6, 6.07) is 10.1. The number of amides is 1. The third-order valence-electron chi connectivity index (χ3n) is 2.25. The fourth-order valence-corrected chi connectivity index (χ4v) is 1.38. The van der Waals surface area contributed by atoms with Crippen LogP contribution in [0.1, 0.15) is 5.56 Å². The molecule has 1 heterocycles. The van der Waals surface area contributed by atoms with E-state index >= 15 is 0 Å². The zero-order valence-corrected chi connectivity index (χ0v) is 9.58. The monoisotopic (exact) mass is 240 g/mol. The van der Waals surface area contributed by atoms with E-state index in [0.29, 0.717) is 5.69 Å². The fraction of sp³-hybridized carbons (Fsp3) is 0. The molecule has 0 radical (unpaired) electrons. The number of carbonyl (C=O) groups excluding carboxylic acids is 1. The molecule has 0 bridgehead atoms. The molecule has 0 unspecified atom stereocenters. The molecule has 2 N–H and O–H groups in total. The number of aromatic nitrogens is 1. The average Bonchev–Trinajstić information content (AvgIpc) is 2.39. The number of pyridine rings is 1. The highest BCUT2D eigenvalue weighted by atomic mass is 16.3. The van der Waals surface area contributed by atoms with Crippen LogP contribution in [0.5, 0.6) is 5.75 Å². The van der Waals surface area contributed by atoms with E-state index < -0.39 is 0 Å². The van der Waals surface area contributed by atoms with Crippen molar-refractivity contribution in [3.8, 4) is 5.75 Å². The zero-order valence-electron chi connectivity index (χ0n) is 9.58. The van der Waals surface area contributed by atoms with Crippen LogP contribution in [0.15, 0.2) is 54.9 Å². The first-order chi connectivity index (χ1) is 8.74. The molecule has 4 nitrogen and oxygen atoms in total. The first kappa shape index (κ1) is 11.9. The van der Waals surface area contributed by atoms with Crippen LogP contribution in [0.3, 0.4) is 0 Å². The first-order valence-corrected chi connectivity index (χ1v) is 5.42. The number of nitrogens with one attached hydrogen (secondary N) is 1. The third kappa shape index (κ3) is 3.45. The van der Waals surface area contributed by atoms with Gasteiger partial charge < -0.3 is 10.4 Å². The number of hydrogen-bond acceptors (Lipinski definition) is 3. The molecule has 4 heteroatoms. The highest BCUT2D eigenvalue weighted by Gasteiger charge is 1.96. The number of anilines is 1. The number of benzene rings is 1. The van der Waals surface area contributed by atoms with Gasteiger partial charge in [-0.2, -0.15) is 0 Å². The predicted octanol–water partition coefficient (Wildman–Crippen LogP) is 2.44. The number of aromatic hydroxyl groups is 1. The highest BCUT2D eigenvalue weighted by molar-refractivity contribution is 6.01. The van der Waals surface area contributed by atoms with Crippen LogP contribution < -0.4 is 5.32 Å². The van der Waals surface area contributed by atoms with E-state index in [4.69, 9.17) is 5.11 Å². The summed E-state index contributed by atoms with van der Waals surface area (Å²) < 4.78 is 0. The maximum absolute atomic E-state index is 11.6. The number of phenols is 1. The molecule has 2 aromatic rings. The summed E-state index contributed by atoms with van der Waals surface area (Å²) in [6.07, 6.45) is 6.32. The Kier molecular flexibility index (Phi) is 3.71. The second-order valence-corrected chi connectivity index (χ2v) is 3.66. The Hall–Kier alpha value is -2.62. The fourth-order valence-electron chi connectivity index (χ4n) is 1.38. The van der Waals surface area contributed by atoms with Crippen LogP contribution in [-0.2, 0) is 4.79 Å². The maximum Gasteiger partial charge on any atom is 0.248 e. The second-order valence-electron chi connectivity index (χ2n) is 3.66. The van der Waals surface area contributed by atoms with Gasteiger partial charge in [0.1, 0.15) is 5.75 Å². The molecule has 0 fully saturated rings. The molecule has 0 aliphatic heterocycles. The third-order valence-corrected chi connectivity index (χ3v) is 2.25. The minimum absolute atomic E-state index is 0.201. The first-order valence-electron chi connectivity index (χ1n) is 5.42. The molecule has 90 valence electrons. The lowest BCUT2D eigenvalue weighted by Crippen LogP contribution is -2.07. The lowest BCUT2D eigenvalue weighted by molar-refractivity contribution is -0.111. The van der Waals surface area contributed by atoms with Crippen LogP contribution in [0.2, 0.25) is 0 Å². The highest BCUT2D eigenvalue weighted by Crippen LogP contribution is 2.11. The molecule has 0 aliphatic rings. The quantitative estimate of drug-likeness (QED) is 0.810. The van der Waals surface area contributed by atoms with E-state index in [1.54, 1.807) is 54.9 Å². The molecule has 0 spiro atoms. The van der Waals surface area contributed by atoms with Gasteiger partial charge in [-0.1, -0.05) is 12.1 Å². The summed E-state index contributed by atoms with van der Waals surface area (Å²) in [5.41, 5.74) is 1.49. The summed E-state index contributed by atoms with van der Waals surface area (Å²) in [5, 5.41) is 11.8. The van der Waals surface area contributed by atoms with Crippen LogP contribution in [0.25, 0.3) is 6.08 Å². The van der Waals surface area contributed by atoms with Crippen LogP contribution >= 0.6 is 0 Å². The minimum atomic E-state index is -0.226. The van der Waals surface area contributed by atoms with Crippen molar-refractivity contribution in [1.29, 1.82) is 0 Å². The number of phenolic OH excluding ortho intramolecular Hbond substituents is 1. The van der Waals surface area contributed by atoms with Crippen molar-refractivity contribution >= 4 is 17.7 Å². The largest absolute Gasteiger partial charge is 0.508 e. The topological polar surface area (TPSA) is 62.2 Å². The van der Waals surface area contributed by atoms with E-state index in [9.17, 15) is 4.79 Å². The van der Waals surface area contributed by atoms with Gasteiger partial charge in [-0.3, -0.25) is 9.78 Å². The van der Waals surface area contributed by atoms with E-state index in [1.807, 2.05) is 0 Å². The van der Waals surface area contributed by atoms with Crippen LogP contribution in [0, 0.1) is 0 Å². The molecule has 1 aromatic carbocycles. The lowest BCUT2D eigenvalue weighted by Gasteiger charge is -2.00. The van der Waals surface area contributed by atoms with Crippen LogP contribution in [0.4, 0.5) is 5.69 Å². The van der Waals surface area contributed by atoms with Crippen molar-refractivity contribution in [2.75, 3.05) is 5.32 Å². The Morgan fingerprint density at radius 1 is 1.22 bits per heavy atom. The van der Waals surface area contributed by atoms with Crippen molar-refractivity contribution in [3.63, 3.8) is 0 Å². The summed E-state index contributed by atoms with van der Waals surface area (Å²) >= 11 is 0. The smallest absolute Gasteiger partial charge is 0.248 e. The minimum Gasteiger partial charge on any atom is -0.508 e. The molecular weight excluding hydrogens is 228 g/mol. The van der Waals surface area contributed by atoms with Crippen LogP contribution in [-0.4, -0.2) is 16.0 Å². The molecule has 18 heavy (non-hydrogen) atoms. The van der Waals surface area contributed by atoms with Gasteiger partial charge in [0, 0.05) is 12.3 Å². The van der Waals surface area contributed by atoms with Crippen molar-refractivity contribution in [3.05, 3.63) is 60.4 Å². The van der Waals surface area contributed by atoms with Gasteiger partial charge in [0.05, 0.1) is 11.9 Å². The van der Waals surface area contributed by atoms with Crippen molar-refractivity contribution in [2.24, 2.45) is 0 Å². The normalized spacial score (nSPS) is 10.4. The summed E-state index contributed by atoms with van der Waals surface area (Å²) in [7, 11) is 0. The molecule has 1 amide bonds. The summed E-state index contributed by atoms with van der Waals surface area (Å²) in [6.45, 7) is 0. The standard InChI is InChI=1S/C14H12N2O2/c17-13-6-3-11(4-7-13)5-8-14(18)16-12-2-1-9-15-10-12/h1-10,17H,(H,16,18)/b8-5+. The van der Waals surface area contributed by atoms with E-state index in [1.165, 1.54) is 6.08 Å². The second kappa shape index (κ2) is 5.63. The number of carbonyl (C=O) groups is 1. The molecule has 0 atom stereocenters. The molecule has 2 rings (SSSR count). The average molecular weight is 240 g/mol. The predicted molar refractivity (Wildman–Crippen MR) is 70.0 cm³/mol.